The minimum atomic E-state index is -2.80. The van der Waals surface area contributed by atoms with Crippen molar-refractivity contribution in [3.63, 3.8) is 0 Å². The largest absolute Gasteiger partial charge is 0.459 e. The Hall–Kier alpha value is -1.91. The number of benzene rings is 1. The summed E-state index contributed by atoms with van der Waals surface area (Å²) >= 11 is 0. The normalized spacial score (nSPS) is 21.6. The maximum absolute atomic E-state index is 12.1. The highest BCUT2D eigenvalue weighted by atomic mass is 19.3. The van der Waals surface area contributed by atoms with Gasteiger partial charge in [0.15, 0.2) is 0 Å². The minimum Gasteiger partial charge on any atom is -0.459 e. The van der Waals surface area contributed by atoms with Crippen molar-refractivity contribution in [2.75, 3.05) is 0 Å². The molecule has 23 heavy (non-hydrogen) atoms. The number of alkyl halides is 2. The Morgan fingerprint density at radius 2 is 1.87 bits per heavy atom. The molecular formula is C18H22F2O3. The van der Waals surface area contributed by atoms with Crippen LogP contribution in [0.15, 0.2) is 36.4 Å². The highest BCUT2D eigenvalue weighted by molar-refractivity contribution is 5.82. The van der Waals surface area contributed by atoms with Gasteiger partial charge < -0.3 is 9.47 Å². The van der Waals surface area contributed by atoms with Crippen LogP contribution in [-0.4, -0.2) is 18.7 Å². The Balaban J connectivity index is 1.82. The van der Waals surface area contributed by atoms with Crippen molar-refractivity contribution in [1.82, 2.24) is 0 Å². The number of ether oxygens (including phenoxy) is 2. The van der Waals surface area contributed by atoms with Gasteiger partial charge in [-0.2, -0.15) is 8.78 Å². The lowest BCUT2D eigenvalue weighted by Crippen LogP contribution is -2.23. The van der Waals surface area contributed by atoms with Gasteiger partial charge in [-0.05, 0) is 55.7 Å². The summed E-state index contributed by atoms with van der Waals surface area (Å²) in [5.74, 6) is 0.273. The van der Waals surface area contributed by atoms with Crippen LogP contribution in [0.3, 0.4) is 0 Å². The highest BCUT2D eigenvalue weighted by Crippen LogP contribution is 2.34. The molecule has 0 aliphatic heterocycles. The average Bonchev–Trinajstić information content (AvgIpc) is 2.54. The van der Waals surface area contributed by atoms with Gasteiger partial charge in [0.2, 0.25) is 0 Å². The molecule has 0 spiro atoms. The third-order valence-electron chi connectivity index (χ3n) is 4.02. The van der Waals surface area contributed by atoms with Crippen molar-refractivity contribution in [1.29, 1.82) is 0 Å². The maximum atomic E-state index is 12.1. The zero-order valence-electron chi connectivity index (χ0n) is 13.2. The lowest BCUT2D eigenvalue weighted by Gasteiger charge is -2.28. The lowest BCUT2D eigenvalue weighted by atomic mass is 9.83. The first-order chi connectivity index (χ1) is 11.1. The first-order valence-corrected chi connectivity index (χ1v) is 8.00. The standard InChI is InChI=1S/C18H22F2O3/c1-2-3-4-17(21)22-15-9-5-13(6-10-15)14-7-11-16(12-8-14)23-18(19)20/h3-4,7-8,11-13,15,18H,2,5-6,9-10H2,1H3/b4-3+. The van der Waals surface area contributed by atoms with Gasteiger partial charge in [-0.1, -0.05) is 25.1 Å². The first-order valence-electron chi connectivity index (χ1n) is 8.00. The Morgan fingerprint density at radius 1 is 1.22 bits per heavy atom. The molecule has 0 saturated heterocycles. The number of hydrogen-bond donors (Lipinski definition) is 0. The van der Waals surface area contributed by atoms with Gasteiger partial charge in [0.05, 0.1) is 0 Å². The number of hydrogen-bond acceptors (Lipinski definition) is 3. The molecule has 3 nitrogen and oxygen atoms in total. The molecule has 1 saturated carbocycles. The zero-order chi connectivity index (χ0) is 16.7. The van der Waals surface area contributed by atoms with E-state index in [9.17, 15) is 13.6 Å². The predicted octanol–water partition coefficient (Wildman–Crippen LogP) is 4.82. The van der Waals surface area contributed by atoms with E-state index in [0.717, 1.165) is 37.7 Å². The number of carbonyl (C=O) groups is 1. The van der Waals surface area contributed by atoms with E-state index in [1.807, 2.05) is 19.1 Å². The fourth-order valence-corrected chi connectivity index (χ4v) is 2.85. The molecule has 1 aliphatic rings. The molecule has 0 radical (unpaired) electrons. The number of halogens is 2. The van der Waals surface area contributed by atoms with E-state index in [4.69, 9.17) is 4.74 Å². The quantitative estimate of drug-likeness (QED) is 0.556. The van der Waals surface area contributed by atoms with E-state index in [1.165, 1.54) is 6.08 Å². The van der Waals surface area contributed by atoms with Crippen LogP contribution in [0.25, 0.3) is 0 Å². The molecule has 0 bridgehead atoms. The van der Waals surface area contributed by atoms with Crippen LogP contribution in [-0.2, 0) is 9.53 Å². The van der Waals surface area contributed by atoms with E-state index in [1.54, 1.807) is 18.2 Å². The van der Waals surface area contributed by atoms with Crippen LogP contribution in [0.5, 0.6) is 5.75 Å². The van der Waals surface area contributed by atoms with Crippen molar-refractivity contribution in [3.8, 4) is 5.75 Å². The van der Waals surface area contributed by atoms with Crippen molar-refractivity contribution in [2.24, 2.45) is 0 Å². The molecule has 0 amide bonds. The van der Waals surface area contributed by atoms with Gasteiger partial charge in [-0.3, -0.25) is 0 Å². The van der Waals surface area contributed by atoms with Gasteiger partial charge in [-0.15, -0.1) is 0 Å². The van der Waals surface area contributed by atoms with Crippen LogP contribution in [0.4, 0.5) is 8.78 Å². The third kappa shape index (κ3) is 5.66. The summed E-state index contributed by atoms with van der Waals surface area (Å²) < 4.78 is 34.0. The van der Waals surface area contributed by atoms with Crippen molar-refractivity contribution in [3.05, 3.63) is 42.0 Å². The van der Waals surface area contributed by atoms with E-state index in [2.05, 4.69) is 4.74 Å². The molecule has 5 heteroatoms. The van der Waals surface area contributed by atoms with Crippen LogP contribution in [0, 0.1) is 0 Å². The van der Waals surface area contributed by atoms with Gasteiger partial charge in [0, 0.05) is 6.08 Å². The second-order valence-electron chi connectivity index (χ2n) is 5.67. The predicted molar refractivity (Wildman–Crippen MR) is 83.6 cm³/mol. The molecule has 1 fully saturated rings. The minimum absolute atomic E-state index is 0.0262. The SMILES string of the molecule is CC/C=C/C(=O)OC1CCC(c2ccc(OC(F)F)cc2)CC1. The van der Waals surface area contributed by atoms with E-state index < -0.39 is 6.61 Å². The van der Waals surface area contributed by atoms with Gasteiger partial charge in [-0.25, -0.2) is 4.79 Å². The fourth-order valence-electron chi connectivity index (χ4n) is 2.85. The summed E-state index contributed by atoms with van der Waals surface area (Å²) in [6.07, 6.45) is 7.55. The molecule has 2 rings (SSSR count). The third-order valence-corrected chi connectivity index (χ3v) is 4.02. The monoisotopic (exact) mass is 324 g/mol. The summed E-state index contributed by atoms with van der Waals surface area (Å²) in [7, 11) is 0. The fraction of sp³-hybridized carbons (Fsp3) is 0.500. The molecule has 1 aromatic rings. The van der Waals surface area contributed by atoms with Crippen LogP contribution < -0.4 is 4.74 Å². The van der Waals surface area contributed by atoms with Crippen LogP contribution in [0.2, 0.25) is 0 Å². The molecule has 0 unspecified atom stereocenters. The first kappa shape index (κ1) is 17.4. The molecule has 1 aromatic carbocycles. The summed E-state index contributed by atoms with van der Waals surface area (Å²) in [5.41, 5.74) is 1.11. The lowest BCUT2D eigenvalue weighted by molar-refractivity contribution is -0.144. The summed E-state index contributed by atoms with van der Waals surface area (Å²) in [6, 6.07) is 6.81. The smallest absolute Gasteiger partial charge is 0.387 e. The second kappa shape index (κ2) is 8.65. The Labute approximate surface area is 135 Å². The zero-order valence-corrected chi connectivity index (χ0v) is 13.2. The molecule has 0 heterocycles. The van der Waals surface area contributed by atoms with E-state index in [-0.39, 0.29) is 17.8 Å². The molecule has 0 aromatic heterocycles. The van der Waals surface area contributed by atoms with Crippen molar-refractivity contribution < 1.29 is 23.0 Å². The molecule has 0 N–H and O–H groups in total. The summed E-state index contributed by atoms with van der Waals surface area (Å²) in [4.78, 5) is 11.6. The topological polar surface area (TPSA) is 35.5 Å². The van der Waals surface area contributed by atoms with E-state index >= 15 is 0 Å². The number of esters is 1. The van der Waals surface area contributed by atoms with Gasteiger partial charge in [0.25, 0.3) is 0 Å². The number of carbonyl (C=O) groups excluding carboxylic acids is 1. The van der Waals surface area contributed by atoms with Crippen LogP contribution in [0.1, 0.15) is 50.5 Å². The van der Waals surface area contributed by atoms with Crippen LogP contribution >= 0.6 is 0 Å². The molecule has 0 atom stereocenters. The Bertz CT molecular complexity index is 518. The number of allylic oxidation sites excluding steroid dienone is 1. The Morgan fingerprint density at radius 3 is 2.43 bits per heavy atom. The molecular weight excluding hydrogens is 302 g/mol. The Kier molecular flexibility index (Phi) is 6.56. The van der Waals surface area contributed by atoms with Crippen molar-refractivity contribution in [2.45, 2.75) is 57.7 Å². The maximum Gasteiger partial charge on any atom is 0.387 e. The van der Waals surface area contributed by atoms with E-state index in [0.29, 0.717) is 5.92 Å². The summed E-state index contributed by atoms with van der Waals surface area (Å²) in [5, 5.41) is 0. The summed E-state index contributed by atoms with van der Waals surface area (Å²) in [6.45, 7) is -0.834. The van der Waals surface area contributed by atoms with Gasteiger partial charge in [0.1, 0.15) is 11.9 Å². The van der Waals surface area contributed by atoms with Crippen molar-refractivity contribution >= 4 is 5.97 Å². The highest BCUT2D eigenvalue weighted by Gasteiger charge is 2.24. The molecule has 1 aliphatic carbocycles. The average molecular weight is 324 g/mol. The number of rotatable bonds is 6. The second-order valence-corrected chi connectivity index (χ2v) is 5.67. The molecule has 126 valence electrons. The van der Waals surface area contributed by atoms with Gasteiger partial charge >= 0.3 is 12.6 Å².